The van der Waals surface area contributed by atoms with E-state index in [1.807, 2.05) is 0 Å². The molecule has 0 saturated heterocycles. The van der Waals surface area contributed by atoms with Crippen LogP contribution in [0, 0.1) is 12.3 Å². The summed E-state index contributed by atoms with van der Waals surface area (Å²) in [5, 5.41) is 12.4. The number of ether oxygens (including phenoxy) is 2. The highest BCUT2D eigenvalue weighted by atomic mass is 35.5. The molecule has 0 spiro atoms. The smallest absolute Gasteiger partial charge is 0.315 e. The van der Waals surface area contributed by atoms with Gasteiger partial charge < -0.3 is 19.9 Å². The zero-order valence-corrected chi connectivity index (χ0v) is 15.7. The molecule has 1 amide bonds. The van der Waals surface area contributed by atoms with Gasteiger partial charge in [0.2, 0.25) is 5.91 Å². The molecular weight excluding hydrogens is 393 g/mol. The lowest BCUT2D eigenvalue weighted by atomic mass is 10.2. The Labute approximate surface area is 166 Å². The minimum Gasteiger partial charge on any atom is -0.507 e. The van der Waals surface area contributed by atoms with Gasteiger partial charge in [0.15, 0.2) is 5.75 Å². The second-order valence-electron chi connectivity index (χ2n) is 5.22. The maximum atomic E-state index is 11.8. The lowest BCUT2D eigenvalue weighted by molar-refractivity contribution is -0.145. The largest absolute Gasteiger partial charge is 0.507 e. The molecule has 2 aromatic carbocycles. The molecule has 27 heavy (non-hydrogen) atoms. The van der Waals surface area contributed by atoms with Gasteiger partial charge >= 0.3 is 5.97 Å². The first-order chi connectivity index (χ1) is 12.8. The summed E-state index contributed by atoms with van der Waals surface area (Å²) in [7, 11) is 0. The van der Waals surface area contributed by atoms with Crippen LogP contribution in [0.25, 0.3) is 0 Å². The molecule has 0 aliphatic heterocycles. The zero-order chi connectivity index (χ0) is 20.0. The average Bonchev–Trinajstić information content (AvgIpc) is 2.59. The van der Waals surface area contributed by atoms with E-state index in [0.29, 0.717) is 11.4 Å². The number of hydrogen-bond acceptors (Lipinski definition) is 5. The average molecular weight is 408 g/mol. The Morgan fingerprint density at radius 3 is 2.48 bits per heavy atom. The molecule has 0 aliphatic carbocycles. The van der Waals surface area contributed by atoms with Gasteiger partial charge in [0.1, 0.15) is 17.9 Å². The van der Waals surface area contributed by atoms with Gasteiger partial charge in [-0.1, -0.05) is 29.1 Å². The van der Waals surface area contributed by atoms with Crippen LogP contribution in [-0.2, 0) is 14.3 Å². The molecule has 2 aromatic rings. The summed E-state index contributed by atoms with van der Waals surface area (Å²) in [6.45, 7) is 1.84. The van der Waals surface area contributed by atoms with Crippen LogP contribution in [0.4, 0.5) is 5.69 Å². The van der Waals surface area contributed by atoms with Gasteiger partial charge in [-0.15, -0.1) is 6.42 Å². The predicted octanol–water partition coefficient (Wildman–Crippen LogP) is 4.36. The number of phenols is 1. The van der Waals surface area contributed by atoms with Crippen LogP contribution < -0.4 is 10.1 Å². The van der Waals surface area contributed by atoms with E-state index in [4.69, 9.17) is 39.1 Å². The Kier molecular flexibility index (Phi) is 6.94. The molecule has 0 saturated carbocycles. The van der Waals surface area contributed by atoms with Crippen molar-refractivity contribution in [3.63, 3.8) is 0 Å². The van der Waals surface area contributed by atoms with Crippen molar-refractivity contribution in [3.05, 3.63) is 45.9 Å². The number of carbonyl (C=O) groups excluding carboxylic acids is 2. The number of carbonyl (C=O) groups is 2. The minimum atomic E-state index is -0.635. The quantitative estimate of drug-likeness (QED) is 0.422. The normalized spacial score (nSPS) is 10.0. The minimum absolute atomic E-state index is 0.0540. The number of terminal acetylenes is 1. The Morgan fingerprint density at radius 1 is 1.22 bits per heavy atom. The van der Waals surface area contributed by atoms with Crippen molar-refractivity contribution in [3.8, 4) is 29.6 Å². The fraction of sp³-hybridized carbons (Fsp3) is 0.158. The van der Waals surface area contributed by atoms with Crippen molar-refractivity contribution in [1.82, 2.24) is 0 Å². The molecule has 0 bridgehead atoms. The highest BCUT2D eigenvalue weighted by Crippen LogP contribution is 2.39. The molecule has 0 aromatic heterocycles. The second-order valence-corrected chi connectivity index (χ2v) is 6.04. The highest BCUT2D eigenvalue weighted by Gasteiger charge is 2.15. The molecule has 0 atom stereocenters. The molecular formula is C19H15Cl2NO5. The standard InChI is InChI=1S/C19H15Cl2NO5/c1-3-11-7-13(5-6-16(11)23)27-19-14(20)8-12(9-15(19)21)22-17(24)10-18(25)26-4-2/h1,5-9,23H,4,10H2,2H3,(H,22,24). The van der Waals surface area contributed by atoms with Crippen molar-refractivity contribution < 1.29 is 24.2 Å². The van der Waals surface area contributed by atoms with Gasteiger partial charge in [0, 0.05) is 11.8 Å². The third-order valence-corrected chi connectivity index (χ3v) is 3.80. The first-order valence-electron chi connectivity index (χ1n) is 7.76. The number of hydrogen-bond donors (Lipinski definition) is 2. The third-order valence-electron chi connectivity index (χ3n) is 3.24. The number of aromatic hydroxyl groups is 1. The Morgan fingerprint density at radius 2 is 1.89 bits per heavy atom. The Balaban J connectivity index is 2.16. The van der Waals surface area contributed by atoms with Crippen LogP contribution in [0.5, 0.6) is 17.2 Å². The van der Waals surface area contributed by atoms with Crippen molar-refractivity contribution in [2.75, 3.05) is 11.9 Å². The van der Waals surface area contributed by atoms with Gasteiger partial charge in [-0.05, 0) is 31.2 Å². The fourth-order valence-corrected chi connectivity index (χ4v) is 2.65. The SMILES string of the molecule is C#Cc1cc(Oc2c(Cl)cc(NC(=O)CC(=O)OCC)cc2Cl)ccc1O. The first-order valence-corrected chi connectivity index (χ1v) is 8.51. The number of esters is 1. The number of anilines is 1. The number of halogens is 2. The summed E-state index contributed by atoms with van der Waals surface area (Å²) in [5.74, 6) is 1.54. The number of amides is 1. The van der Waals surface area contributed by atoms with Crippen LogP contribution >= 0.6 is 23.2 Å². The van der Waals surface area contributed by atoms with Gasteiger partial charge in [-0.3, -0.25) is 9.59 Å². The molecule has 6 nitrogen and oxygen atoms in total. The van der Waals surface area contributed by atoms with Gasteiger partial charge in [-0.25, -0.2) is 0 Å². The van der Waals surface area contributed by atoms with Crippen molar-refractivity contribution in [2.24, 2.45) is 0 Å². The lowest BCUT2D eigenvalue weighted by Gasteiger charge is -2.13. The van der Waals surface area contributed by atoms with E-state index in [9.17, 15) is 14.7 Å². The molecule has 8 heteroatoms. The monoisotopic (exact) mass is 407 g/mol. The van der Waals surface area contributed by atoms with Crippen LogP contribution in [0.2, 0.25) is 10.0 Å². The molecule has 2 rings (SSSR count). The molecule has 140 valence electrons. The summed E-state index contributed by atoms with van der Waals surface area (Å²) in [6.07, 6.45) is 4.87. The first kappa shape index (κ1) is 20.4. The maximum absolute atomic E-state index is 11.8. The van der Waals surface area contributed by atoms with E-state index < -0.39 is 18.3 Å². The van der Waals surface area contributed by atoms with E-state index in [0.717, 1.165) is 0 Å². The summed E-state index contributed by atoms with van der Waals surface area (Å²) < 4.78 is 10.3. The van der Waals surface area contributed by atoms with Crippen LogP contribution in [0.15, 0.2) is 30.3 Å². The number of benzene rings is 2. The third kappa shape index (κ3) is 5.55. The summed E-state index contributed by atoms with van der Waals surface area (Å²) >= 11 is 12.4. The van der Waals surface area contributed by atoms with E-state index in [2.05, 4.69) is 11.2 Å². The molecule has 0 fully saturated rings. The Bertz CT molecular complexity index is 898. The summed E-state index contributed by atoms with van der Waals surface area (Å²) in [6, 6.07) is 7.19. The lowest BCUT2D eigenvalue weighted by Crippen LogP contribution is -2.18. The summed E-state index contributed by atoms with van der Waals surface area (Å²) in [4.78, 5) is 23.2. The molecule has 2 N–H and O–H groups in total. The number of rotatable bonds is 6. The highest BCUT2D eigenvalue weighted by molar-refractivity contribution is 6.37. The molecule has 0 heterocycles. The van der Waals surface area contributed by atoms with Crippen LogP contribution in [-0.4, -0.2) is 23.6 Å². The van der Waals surface area contributed by atoms with Crippen LogP contribution in [0.1, 0.15) is 18.9 Å². The number of phenolic OH excluding ortho intramolecular Hbond substituents is 1. The van der Waals surface area contributed by atoms with Crippen molar-refractivity contribution in [2.45, 2.75) is 13.3 Å². The molecule has 0 radical (unpaired) electrons. The van der Waals surface area contributed by atoms with E-state index >= 15 is 0 Å². The molecule has 0 aliphatic rings. The Hall–Kier alpha value is -2.88. The maximum Gasteiger partial charge on any atom is 0.315 e. The van der Waals surface area contributed by atoms with Crippen molar-refractivity contribution >= 4 is 40.8 Å². The predicted molar refractivity (Wildman–Crippen MR) is 102 cm³/mol. The van der Waals surface area contributed by atoms with E-state index in [-0.39, 0.29) is 33.7 Å². The molecule has 0 unspecified atom stereocenters. The van der Waals surface area contributed by atoms with Gasteiger partial charge in [0.05, 0.1) is 22.2 Å². The van der Waals surface area contributed by atoms with Gasteiger partial charge in [0.25, 0.3) is 0 Å². The fourth-order valence-electron chi connectivity index (χ4n) is 2.09. The second kappa shape index (κ2) is 9.17. The summed E-state index contributed by atoms with van der Waals surface area (Å²) in [5.41, 5.74) is 0.546. The van der Waals surface area contributed by atoms with E-state index in [1.54, 1.807) is 6.92 Å². The van der Waals surface area contributed by atoms with Gasteiger partial charge in [-0.2, -0.15) is 0 Å². The van der Waals surface area contributed by atoms with E-state index in [1.165, 1.54) is 30.3 Å². The van der Waals surface area contributed by atoms with Crippen LogP contribution in [0.3, 0.4) is 0 Å². The topological polar surface area (TPSA) is 84.9 Å². The number of nitrogens with one attached hydrogen (secondary N) is 1. The van der Waals surface area contributed by atoms with Crippen molar-refractivity contribution in [1.29, 1.82) is 0 Å². The zero-order valence-electron chi connectivity index (χ0n) is 14.2.